The van der Waals surface area contributed by atoms with Gasteiger partial charge in [0.2, 0.25) is 0 Å². The van der Waals surface area contributed by atoms with Crippen molar-refractivity contribution in [1.82, 2.24) is 9.97 Å². The van der Waals surface area contributed by atoms with E-state index in [4.69, 9.17) is 9.97 Å². The first-order valence-corrected chi connectivity index (χ1v) is 22.1. The van der Waals surface area contributed by atoms with Gasteiger partial charge in [-0.25, -0.2) is 9.97 Å². The van der Waals surface area contributed by atoms with Gasteiger partial charge in [0.25, 0.3) is 0 Å². The van der Waals surface area contributed by atoms with E-state index in [0.29, 0.717) is 5.82 Å². The van der Waals surface area contributed by atoms with Crippen molar-refractivity contribution in [3.05, 3.63) is 206 Å². The Morgan fingerprint density at radius 2 is 0.814 bits per heavy atom. The van der Waals surface area contributed by atoms with Gasteiger partial charge < -0.3 is 4.57 Å². The predicted molar refractivity (Wildman–Crippen MR) is 248 cm³/mol. The number of rotatable bonds is 6. The third-order valence-corrected chi connectivity index (χ3v) is 14.4. The van der Waals surface area contributed by atoms with Crippen molar-refractivity contribution in [3.8, 4) is 78.4 Å². The first-order chi connectivity index (χ1) is 29.0. The molecule has 59 heavy (non-hydrogen) atoms. The number of benzene rings is 9. The molecule has 0 N–H and O–H groups in total. The number of hydrogen-bond donors (Lipinski definition) is 0. The van der Waals surface area contributed by atoms with Crippen molar-refractivity contribution in [3.63, 3.8) is 0 Å². The van der Waals surface area contributed by atoms with Crippen LogP contribution in [0.5, 0.6) is 0 Å². The minimum Gasteiger partial charge on any atom is -0.314 e. The summed E-state index contributed by atoms with van der Waals surface area (Å²) in [6.45, 7) is 1.92. The first-order valence-electron chi connectivity index (χ1n) is 20.0. The van der Waals surface area contributed by atoms with Crippen LogP contribution in [-0.2, 0) is 4.57 Å². The summed E-state index contributed by atoms with van der Waals surface area (Å²) in [6.07, 6.45) is 0. The molecule has 0 spiro atoms. The third kappa shape index (κ3) is 5.85. The van der Waals surface area contributed by atoms with Crippen LogP contribution in [0.3, 0.4) is 0 Å². The minimum atomic E-state index is -2.74. The van der Waals surface area contributed by atoms with E-state index in [9.17, 15) is 4.57 Å². The average molecular weight is 773 g/mol. The van der Waals surface area contributed by atoms with Crippen molar-refractivity contribution in [2.45, 2.75) is 0 Å². The second-order valence-corrected chi connectivity index (χ2v) is 18.1. The molecule has 0 fully saturated rings. The Labute approximate surface area is 343 Å². The minimum absolute atomic E-state index is 0.689. The van der Waals surface area contributed by atoms with Crippen molar-refractivity contribution in [1.29, 1.82) is 0 Å². The van der Waals surface area contributed by atoms with E-state index in [1.54, 1.807) is 0 Å². The summed E-state index contributed by atoms with van der Waals surface area (Å²) >= 11 is 0. The van der Waals surface area contributed by atoms with Crippen molar-refractivity contribution in [2.24, 2.45) is 0 Å². The van der Waals surface area contributed by atoms with Gasteiger partial charge in [-0.15, -0.1) is 0 Å². The van der Waals surface area contributed by atoms with E-state index < -0.39 is 7.14 Å². The lowest BCUT2D eigenvalue weighted by Crippen LogP contribution is -2.08. The highest BCUT2D eigenvalue weighted by atomic mass is 31.2. The fraction of sp³-hybridized carbons (Fsp3) is 0.0182. The lowest BCUT2D eigenvalue weighted by atomic mass is 9.84. The molecule has 2 heterocycles. The molecule has 1 unspecified atom stereocenters. The smallest absolute Gasteiger partial charge is 0.160 e. The van der Waals surface area contributed by atoms with Crippen LogP contribution >= 0.6 is 7.14 Å². The van der Waals surface area contributed by atoms with Crippen molar-refractivity contribution < 1.29 is 4.57 Å². The predicted octanol–water partition coefficient (Wildman–Crippen LogP) is 13.7. The fourth-order valence-electron chi connectivity index (χ4n) is 9.06. The molecule has 0 saturated carbocycles. The van der Waals surface area contributed by atoms with Gasteiger partial charge in [0, 0.05) is 32.9 Å². The molecule has 1 aromatic heterocycles. The van der Waals surface area contributed by atoms with E-state index in [-0.39, 0.29) is 0 Å². The molecule has 1 aliphatic heterocycles. The zero-order chi connectivity index (χ0) is 39.5. The molecule has 11 rings (SSSR count). The Morgan fingerprint density at radius 1 is 0.339 bits per heavy atom. The lowest BCUT2D eigenvalue weighted by molar-refractivity contribution is 0.591. The van der Waals surface area contributed by atoms with E-state index in [1.807, 2.05) is 43.1 Å². The van der Waals surface area contributed by atoms with Gasteiger partial charge in [0.1, 0.15) is 7.14 Å². The van der Waals surface area contributed by atoms with Gasteiger partial charge >= 0.3 is 0 Å². The third-order valence-electron chi connectivity index (χ3n) is 11.8. The molecule has 0 bridgehead atoms. The number of hydrogen-bond acceptors (Lipinski definition) is 3. The van der Waals surface area contributed by atoms with Crippen LogP contribution in [0.4, 0.5) is 0 Å². The van der Waals surface area contributed by atoms with Gasteiger partial charge in [-0.05, 0) is 79.3 Å². The van der Waals surface area contributed by atoms with E-state index in [2.05, 4.69) is 170 Å². The second-order valence-electron chi connectivity index (χ2n) is 15.3. The Balaban J connectivity index is 1.07. The summed E-state index contributed by atoms with van der Waals surface area (Å²) < 4.78 is 14.4. The highest BCUT2D eigenvalue weighted by molar-refractivity contribution is 7.79. The number of nitrogens with zero attached hydrogens (tertiary/aromatic N) is 2. The van der Waals surface area contributed by atoms with Crippen LogP contribution in [0.1, 0.15) is 0 Å². The topological polar surface area (TPSA) is 42.9 Å². The molecule has 1 aliphatic rings. The summed E-state index contributed by atoms with van der Waals surface area (Å²) in [5.41, 5.74) is 13.8. The maximum absolute atomic E-state index is 14.4. The highest BCUT2D eigenvalue weighted by Gasteiger charge is 2.36. The average Bonchev–Trinajstić information content (AvgIpc) is 3.54. The summed E-state index contributed by atoms with van der Waals surface area (Å²) in [7, 11) is -2.74. The fourth-order valence-corrected chi connectivity index (χ4v) is 11.4. The molecule has 0 radical (unpaired) electrons. The van der Waals surface area contributed by atoms with Gasteiger partial charge in [-0.2, -0.15) is 0 Å². The van der Waals surface area contributed by atoms with Crippen molar-refractivity contribution >= 4 is 39.3 Å². The van der Waals surface area contributed by atoms with Crippen LogP contribution in [0.2, 0.25) is 0 Å². The quantitative estimate of drug-likeness (QED) is 0.125. The molecule has 0 aliphatic carbocycles. The Morgan fingerprint density at radius 3 is 1.49 bits per heavy atom. The zero-order valence-corrected chi connectivity index (χ0v) is 33.3. The lowest BCUT2D eigenvalue weighted by Gasteiger charge is -2.20. The van der Waals surface area contributed by atoms with Crippen LogP contribution in [0.25, 0.3) is 100.0 Å². The molecule has 4 heteroatoms. The Kier molecular flexibility index (Phi) is 8.32. The molecule has 0 amide bonds. The molecule has 10 aromatic rings. The highest BCUT2D eigenvalue weighted by Crippen LogP contribution is 2.54. The Bertz CT molecular complexity index is 3250. The molecular formula is C55H37N2OP. The van der Waals surface area contributed by atoms with Crippen molar-refractivity contribution in [2.75, 3.05) is 6.66 Å². The standard InChI is InChI=1S/C55H37N2OP/c1-59(58)50-28-13-12-26-46(50)54-47(27-15-29-51(54)59)53-44-24-10-8-22-42(44)52(43-23-9-11-25-45(43)53)38-32-30-37(31-33-38)48-35-49(57-55(56-48)39-18-6-3-7-19-39)41-21-14-20-40(34-41)36-16-4-2-5-17-36/h2-35H,1H3. The maximum Gasteiger partial charge on any atom is 0.160 e. The summed E-state index contributed by atoms with van der Waals surface area (Å²) in [6, 6.07) is 72.2. The molecule has 3 nitrogen and oxygen atoms in total. The molecule has 1 atom stereocenters. The number of fused-ring (bicyclic) bond motifs is 5. The van der Waals surface area contributed by atoms with Gasteiger partial charge in [0.05, 0.1) is 11.4 Å². The van der Waals surface area contributed by atoms with E-state index in [1.165, 1.54) is 38.2 Å². The summed E-state index contributed by atoms with van der Waals surface area (Å²) in [5, 5.41) is 6.56. The van der Waals surface area contributed by atoms with Crippen LogP contribution in [0, 0.1) is 0 Å². The maximum atomic E-state index is 14.4. The molecule has 278 valence electrons. The SMILES string of the molecule is CP1(=O)c2ccccc2-c2c(-c3c4ccccc4c(-c4ccc(-c5cc(-c6cccc(-c7ccccc7)c6)nc(-c6ccccc6)n5)cc4)c4ccccc34)cccc21. The zero-order valence-electron chi connectivity index (χ0n) is 32.4. The van der Waals surface area contributed by atoms with E-state index >= 15 is 0 Å². The number of aromatic nitrogens is 2. The van der Waals surface area contributed by atoms with Crippen LogP contribution < -0.4 is 10.6 Å². The van der Waals surface area contributed by atoms with Crippen LogP contribution in [0.15, 0.2) is 206 Å². The van der Waals surface area contributed by atoms with Crippen LogP contribution in [-0.4, -0.2) is 16.6 Å². The molecule has 9 aromatic carbocycles. The van der Waals surface area contributed by atoms with Gasteiger partial charge in [-0.1, -0.05) is 194 Å². The van der Waals surface area contributed by atoms with E-state index in [0.717, 1.165) is 66.5 Å². The Hall–Kier alpha value is -7.19. The normalized spacial score (nSPS) is 14.3. The first kappa shape index (κ1) is 35.0. The summed E-state index contributed by atoms with van der Waals surface area (Å²) in [5.74, 6) is 0.689. The van der Waals surface area contributed by atoms with Gasteiger partial charge in [-0.3, -0.25) is 0 Å². The second kappa shape index (κ2) is 14.0. The largest absolute Gasteiger partial charge is 0.314 e. The summed E-state index contributed by atoms with van der Waals surface area (Å²) in [4.78, 5) is 10.3. The molecule has 0 saturated heterocycles. The molecular weight excluding hydrogens is 736 g/mol. The van der Waals surface area contributed by atoms with Gasteiger partial charge in [0.15, 0.2) is 5.82 Å². The monoisotopic (exact) mass is 772 g/mol.